The number of carbonyl (C=O) groups excluding carboxylic acids is 1. The van der Waals surface area contributed by atoms with Gasteiger partial charge < -0.3 is 14.6 Å². The Kier molecular flexibility index (Phi) is 7.14. The van der Waals surface area contributed by atoms with Gasteiger partial charge in [-0.05, 0) is 51.2 Å². The van der Waals surface area contributed by atoms with Crippen LogP contribution in [0.5, 0.6) is 5.75 Å². The summed E-state index contributed by atoms with van der Waals surface area (Å²) in [6.45, 7) is 2.60. The second-order valence-electron chi connectivity index (χ2n) is 6.97. The van der Waals surface area contributed by atoms with Crippen molar-refractivity contribution in [1.82, 2.24) is 20.1 Å². The van der Waals surface area contributed by atoms with Gasteiger partial charge in [0.25, 0.3) is 0 Å². The molecule has 0 bridgehead atoms. The molecule has 0 unspecified atom stereocenters. The van der Waals surface area contributed by atoms with Gasteiger partial charge in [-0.25, -0.2) is 0 Å². The van der Waals surface area contributed by atoms with Gasteiger partial charge in [0, 0.05) is 13.6 Å². The van der Waals surface area contributed by atoms with Crippen LogP contribution in [0.3, 0.4) is 0 Å². The van der Waals surface area contributed by atoms with Crippen LogP contribution in [-0.4, -0.2) is 39.6 Å². The van der Waals surface area contributed by atoms with E-state index in [9.17, 15) is 4.79 Å². The van der Waals surface area contributed by atoms with Crippen LogP contribution in [0.15, 0.2) is 41.1 Å². The fourth-order valence-electron chi connectivity index (χ4n) is 3.31. The molecule has 150 valence electrons. The lowest BCUT2D eigenvalue weighted by atomic mass is 9.97. The zero-order valence-corrected chi connectivity index (χ0v) is 17.6. The summed E-state index contributed by atoms with van der Waals surface area (Å²) < 4.78 is 7.32. The smallest absolute Gasteiger partial charge is 0.233 e. The number of carbonyl (C=O) groups is 1. The van der Waals surface area contributed by atoms with E-state index < -0.39 is 0 Å². The van der Waals surface area contributed by atoms with Crippen LogP contribution in [0.2, 0.25) is 0 Å². The molecule has 28 heavy (non-hydrogen) atoms. The lowest BCUT2D eigenvalue weighted by molar-refractivity contribution is -0.120. The van der Waals surface area contributed by atoms with Crippen LogP contribution in [0.25, 0.3) is 11.4 Å². The highest BCUT2D eigenvalue weighted by molar-refractivity contribution is 8.00. The van der Waals surface area contributed by atoms with Crippen LogP contribution in [0.4, 0.5) is 0 Å². The first-order valence-corrected chi connectivity index (χ1v) is 10.6. The molecule has 3 rings (SSSR count). The van der Waals surface area contributed by atoms with Crippen molar-refractivity contribution in [2.75, 3.05) is 13.7 Å². The molecule has 1 aromatic carbocycles. The summed E-state index contributed by atoms with van der Waals surface area (Å²) in [6, 6.07) is 7.71. The maximum atomic E-state index is 12.4. The summed E-state index contributed by atoms with van der Waals surface area (Å²) in [7, 11) is 3.55. The first-order chi connectivity index (χ1) is 13.6. The molecule has 1 aliphatic carbocycles. The number of hydrogen-bond acceptors (Lipinski definition) is 5. The normalized spacial score (nSPS) is 15.0. The van der Waals surface area contributed by atoms with E-state index in [2.05, 4.69) is 21.6 Å². The van der Waals surface area contributed by atoms with Crippen molar-refractivity contribution in [3.63, 3.8) is 0 Å². The van der Waals surface area contributed by atoms with Crippen LogP contribution in [0, 0.1) is 0 Å². The summed E-state index contributed by atoms with van der Waals surface area (Å²) in [5.74, 6) is 1.50. The molecule has 1 aromatic heterocycles. The van der Waals surface area contributed by atoms with Gasteiger partial charge in [0.1, 0.15) is 5.75 Å². The van der Waals surface area contributed by atoms with Gasteiger partial charge in [0.05, 0.1) is 17.9 Å². The number of aromatic nitrogens is 3. The van der Waals surface area contributed by atoms with E-state index in [1.807, 2.05) is 42.8 Å². The Hall–Kier alpha value is -2.28. The maximum absolute atomic E-state index is 12.4. The van der Waals surface area contributed by atoms with Crippen molar-refractivity contribution >= 4 is 17.7 Å². The van der Waals surface area contributed by atoms with Gasteiger partial charge in [-0.15, -0.1) is 10.2 Å². The molecule has 7 heteroatoms. The van der Waals surface area contributed by atoms with E-state index >= 15 is 0 Å². The summed E-state index contributed by atoms with van der Waals surface area (Å²) in [4.78, 5) is 12.4. The van der Waals surface area contributed by atoms with E-state index in [0.717, 1.165) is 23.6 Å². The van der Waals surface area contributed by atoms with E-state index in [0.29, 0.717) is 11.7 Å². The van der Waals surface area contributed by atoms with Crippen molar-refractivity contribution in [2.24, 2.45) is 7.05 Å². The third-order valence-corrected chi connectivity index (χ3v) is 6.10. The van der Waals surface area contributed by atoms with Gasteiger partial charge in [-0.3, -0.25) is 4.79 Å². The lowest BCUT2D eigenvalue weighted by Crippen LogP contribution is -2.32. The van der Waals surface area contributed by atoms with Crippen LogP contribution in [0.1, 0.15) is 39.0 Å². The Morgan fingerprint density at radius 1 is 1.32 bits per heavy atom. The standard InChI is InChI=1S/C21H28N4O2S/c1-15(20(26)22-14-13-16-9-5-4-6-10-16)28-21-24-23-19(25(21)2)17-11-7-8-12-18(17)27-3/h7-9,11-12,15H,4-6,10,13-14H2,1-3H3,(H,22,26)/t15-/m1/s1. The Balaban J connectivity index is 1.58. The van der Waals surface area contributed by atoms with E-state index in [-0.39, 0.29) is 11.2 Å². The van der Waals surface area contributed by atoms with E-state index in [4.69, 9.17) is 4.74 Å². The average molecular weight is 401 g/mol. The van der Waals surface area contributed by atoms with Crippen LogP contribution >= 0.6 is 11.8 Å². The number of methoxy groups -OCH3 is 1. The summed E-state index contributed by atoms with van der Waals surface area (Å²) in [5, 5.41) is 12.1. The van der Waals surface area contributed by atoms with Crippen molar-refractivity contribution in [2.45, 2.75) is 49.4 Å². The monoisotopic (exact) mass is 400 g/mol. The van der Waals surface area contributed by atoms with Gasteiger partial charge >= 0.3 is 0 Å². The number of ether oxygens (including phenoxy) is 1. The number of benzene rings is 1. The van der Waals surface area contributed by atoms with Crippen molar-refractivity contribution in [1.29, 1.82) is 0 Å². The number of nitrogens with one attached hydrogen (secondary N) is 1. The maximum Gasteiger partial charge on any atom is 0.233 e. The molecule has 6 nitrogen and oxygen atoms in total. The third kappa shape index (κ3) is 4.95. The highest BCUT2D eigenvalue weighted by atomic mass is 32.2. The largest absolute Gasteiger partial charge is 0.496 e. The molecule has 1 N–H and O–H groups in total. The number of para-hydroxylation sites is 1. The topological polar surface area (TPSA) is 69.0 Å². The fraction of sp³-hybridized carbons (Fsp3) is 0.476. The molecule has 1 heterocycles. The highest BCUT2D eigenvalue weighted by Crippen LogP contribution is 2.31. The number of rotatable bonds is 8. The molecule has 1 atom stereocenters. The molecular formula is C21H28N4O2S. The second-order valence-corrected chi connectivity index (χ2v) is 8.28. The SMILES string of the molecule is COc1ccccc1-c1nnc(S[C@H](C)C(=O)NCCC2=CCCCC2)n1C. The quantitative estimate of drug-likeness (QED) is 0.536. The molecule has 2 aromatic rings. The Labute approximate surface area is 170 Å². The molecule has 0 spiro atoms. The summed E-state index contributed by atoms with van der Waals surface area (Å²) >= 11 is 1.42. The minimum absolute atomic E-state index is 0.0308. The van der Waals surface area contributed by atoms with E-state index in [1.54, 1.807) is 7.11 Å². The first kappa shape index (κ1) is 20.5. The average Bonchev–Trinajstić information content (AvgIpc) is 3.08. The summed E-state index contributed by atoms with van der Waals surface area (Å²) in [6.07, 6.45) is 8.18. The van der Waals surface area contributed by atoms with Crippen LogP contribution < -0.4 is 10.1 Å². The third-order valence-electron chi connectivity index (χ3n) is 4.96. The molecule has 0 fully saturated rings. The fourth-order valence-corrected chi connectivity index (χ4v) is 4.15. The van der Waals surface area contributed by atoms with Crippen LogP contribution in [-0.2, 0) is 11.8 Å². The predicted molar refractivity (Wildman–Crippen MR) is 112 cm³/mol. The predicted octanol–water partition coefficient (Wildman–Crippen LogP) is 3.98. The number of hydrogen-bond donors (Lipinski definition) is 1. The summed E-state index contributed by atoms with van der Waals surface area (Å²) in [5.41, 5.74) is 2.35. The lowest BCUT2D eigenvalue weighted by Gasteiger charge is -2.15. The van der Waals surface area contributed by atoms with Crippen molar-refractivity contribution in [3.8, 4) is 17.1 Å². The second kappa shape index (κ2) is 9.78. The number of nitrogens with zero attached hydrogens (tertiary/aromatic N) is 3. The first-order valence-electron chi connectivity index (χ1n) is 9.75. The molecule has 1 aliphatic rings. The van der Waals surface area contributed by atoms with Gasteiger partial charge in [0.2, 0.25) is 5.91 Å². The molecule has 0 aliphatic heterocycles. The number of amides is 1. The number of thioether (sulfide) groups is 1. The van der Waals surface area contributed by atoms with Crippen molar-refractivity contribution < 1.29 is 9.53 Å². The van der Waals surface area contributed by atoms with E-state index in [1.165, 1.54) is 43.0 Å². The number of allylic oxidation sites excluding steroid dienone is 1. The zero-order chi connectivity index (χ0) is 19.9. The molecule has 1 amide bonds. The molecule has 0 radical (unpaired) electrons. The van der Waals surface area contributed by atoms with Gasteiger partial charge in [0.15, 0.2) is 11.0 Å². The molecule has 0 saturated carbocycles. The Bertz CT molecular complexity index is 847. The highest BCUT2D eigenvalue weighted by Gasteiger charge is 2.20. The minimum atomic E-state index is -0.242. The minimum Gasteiger partial charge on any atom is -0.496 e. The van der Waals surface area contributed by atoms with Gasteiger partial charge in [-0.2, -0.15) is 0 Å². The zero-order valence-electron chi connectivity index (χ0n) is 16.8. The van der Waals surface area contributed by atoms with Crippen molar-refractivity contribution in [3.05, 3.63) is 35.9 Å². The Morgan fingerprint density at radius 3 is 2.89 bits per heavy atom. The molecule has 0 saturated heterocycles. The van der Waals surface area contributed by atoms with Gasteiger partial charge in [-0.1, -0.05) is 35.5 Å². The molecular weight excluding hydrogens is 372 g/mol. The Morgan fingerprint density at radius 2 is 2.14 bits per heavy atom.